The summed E-state index contributed by atoms with van der Waals surface area (Å²) in [5, 5.41) is 0. The first-order valence-electron chi connectivity index (χ1n) is 16.2. The predicted molar refractivity (Wildman–Crippen MR) is 200 cm³/mol. The maximum absolute atomic E-state index is 5.29. The summed E-state index contributed by atoms with van der Waals surface area (Å²) >= 11 is 0. The van der Waals surface area contributed by atoms with E-state index in [-0.39, 0.29) is 20.4 Å². The number of para-hydroxylation sites is 1. The fraction of sp³-hybridized carbons (Fsp3) is 0. The van der Waals surface area contributed by atoms with E-state index in [0.717, 1.165) is 83.9 Å². The van der Waals surface area contributed by atoms with Gasteiger partial charge in [-0.15, -0.1) is 0 Å². The van der Waals surface area contributed by atoms with E-state index in [1.807, 2.05) is 0 Å². The minimum atomic E-state index is 0. The van der Waals surface area contributed by atoms with E-state index in [1.165, 1.54) is 0 Å². The molecular formula is C44H30N4Pd. The van der Waals surface area contributed by atoms with Crippen molar-refractivity contribution in [1.82, 2.24) is 19.5 Å². The zero-order valence-corrected chi connectivity index (χ0v) is 28.0. The molecule has 0 saturated heterocycles. The summed E-state index contributed by atoms with van der Waals surface area (Å²) in [4.78, 5) is 13.9. The topological polar surface area (TPSA) is 46.5 Å². The molecule has 0 atom stereocenters. The van der Waals surface area contributed by atoms with Crippen LogP contribution in [0.15, 0.2) is 152 Å². The number of hydrogen-bond acceptors (Lipinski definition) is 2. The molecule has 5 heteroatoms. The molecule has 236 valence electrons. The molecule has 1 N–H and O–H groups in total. The normalized spacial score (nSPS) is 11.8. The number of hydrogen-bond donors (Lipinski definition) is 1. The van der Waals surface area contributed by atoms with E-state index < -0.39 is 0 Å². The summed E-state index contributed by atoms with van der Waals surface area (Å²) in [5.41, 5.74) is 15.4. The van der Waals surface area contributed by atoms with E-state index >= 15 is 0 Å². The van der Waals surface area contributed by atoms with Crippen molar-refractivity contribution < 1.29 is 20.4 Å². The number of nitrogens with one attached hydrogen (secondary N) is 1. The monoisotopic (exact) mass is 720 g/mol. The van der Waals surface area contributed by atoms with Crippen LogP contribution >= 0.6 is 0 Å². The van der Waals surface area contributed by atoms with Crippen LogP contribution in [0.3, 0.4) is 0 Å². The van der Waals surface area contributed by atoms with Gasteiger partial charge in [-0.25, -0.2) is 9.97 Å². The average Bonchev–Trinajstić information content (AvgIpc) is 3.95. The van der Waals surface area contributed by atoms with Crippen LogP contribution in [0.4, 0.5) is 0 Å². The summed E-state index contributed by atoms with van der Waals surface area (Å²) in [6, 6.07) is 53.3. The summed E-state index contributed by atoms with van der Waals surface area (Å²) in [6.45, 7) is 0. The van der Waals surface area contributed by atoms with Crippen LogP contribution in [0.2, 0.25) is 0 Å². The van der Waals surface area contributed by atoms with Gasteiger partial charge in [0, 0.05) is 53.8 Å². The summed E-state index contributed by atoms with van der Waals surface area (Å²) in [5.74, 6) is 0. The Bertz CT molecular complexity index is 2530. The molecule has 2 aliphatic heterocycles. The van der Waals surface area contributed by atoms with Crippen LogP contribution in [0.5, 0.6) is 0 Å². The molecule has 9 rings (SSSR count). The fourth-order valence-corrected chi connectivity index (χ4v) is 6.81. The van der Waals surface area contributed by atoms with Gasteiger partial charge in [0.15, 0.2) is 0 Å². The van der Waals surface area contributed by atoms with Crippen LogP contribution in [0.1, 0.15) is 22.8 Å². The van der Waals surface area contributed by atoms with E-state index in [1.54, 1.807) is 0 Å². The molecule has 0 fully saturated rings. The van der Waals surface area contributed by atoms with Gasteiger partial charge in [0.25, 0.3) is 0 Å². The molecule has 8 bridgehead atoms. The first kappa shape index (κ1) is 30.5. The molecule has 0 aliphatic carbocycles. The molecule has 49 heavy (non-hydrogen) atoms. The largest absolute Gasteiger partial charge is 0.355 e. The Hall–Kier alpha value is -5.86. The van der Waals surface area contributed by atoms with Crippen molar-refractivity contribution in [1.29, 1.82) is 0 Å². The molecule has 7 aromatic rings. The van der Waals surface area contributed by atoms with Gasteiger partial charge in [0.05, 0.1) is 33.8 Å². The zero-order valence-electron chi connectivity index (χ0n) is 26.4. The molecule has 0 radical (unpaired) electrons. The van der Waals surface area contributed by atoms with Crippen molar-refractivity contribution in [2.75, 3.05) is 0 Å². The third-order valence-corrected chi connectivity index (χ3v) is 8.87. The van der Waals surface area contributed by atoms with E-state index in [2.05, 4.69) is 186 Å². The number of fused-ring (bicyclic) bond motifs is 8. The third kappa shape index (κ3) is 5.70. The molecule has 0 unspecified atom stereocenters. The maximum atomic E-state index is 5.29. The van der Waals surface area contributed by atoms with Gasteiger partial charge < -0.3 is 9.55 Å². The number of H-pyrrole nitrogens is 1. The predicted octanol–water partition coefficient (Wildman–Crippen LogP) is 11.1. The van der Waals surface area contributed by atoms with Crippen molar-refractivity contribution in [2.45, 2.75) is 0 Å². The molecule has 4 nitrogen and oxygen atoms in total. The molecule has 5 heterocycles. The Kier molecular flexibility index (Phi) is 8.07. The molecular weight excluding hydrogens is 691 g/mol. The van der Waals surface area contributed by atoms with Gasteiger partial charge >= 0.3 is 0 Å². The summed E-state index contributed by atoms with van der Waals surface area (Å²) in [7, 11) is 0. The molecule has 0 spiro atoms. The number of aromatic amines is 1. The Morgan fingerprint density at radius 3 is 1.49 bits per heavy atom. The third-order valence-electron chi connectivity index (χ3n) is 8.87. The van der Waals surface area contributed by atoms with Crippen molar-refractivity contribution in [3.63, 3.8) is 0 Å². The van der Waals surface area contributed by atoms with Gasteiger partial charge in [0.1, 0.15) is 0 Å². The Morgan fingerprint density at radius 2 is 0.898 bits per heavy atom. The first-order valence-corrected chi connectivity index (χ1v) is 16.2. The minimum Gasteiger partial charge on any atom is -0.355 e. The van der Waals surface area contributed by atoms with Crippen LogP contribution in [0, 0.1) is 0 Å². The number of benzene rings is 4. The van der Waals surface area contributed by atoms with Gasteiger partial charge in [0.2, 0.25) is 0 Å². The summed E-state index contributed by atoms with van der Waals surface area (Å²) in [6.07, 6.45) is 8.44. The first-order chi connectivity index (χ1) is 23.8. The van der Waals surface area contributed by atoms with Crippen molar-refractivity contribution in [2.24, 2.45) is 0 Å². The van der Waals surface area contributed by atoms with Gasteiger partial charge in [-0.05, 0) is 83.5 Å². The van der Waals surface area contributed by atoms with Crippen molar-refractivity contribution >= 4 is 46.4 Å². The Labute approximate surface area is 298 Å². The molecule has 3 aromatic heterocycles. The quantitative estimate of drug-likeness (QED) is 0.184. The van der Waals surface area contributed by atoms with E-state index in [9.17, 15) is 0 Å². The van der Waals surface area contributed by atoms with Crippen molar-refractivity contribution in [3.8, 4) is 39.1 Å². The van der Waals surface area contributed by atoms with Crippen LogP contribution < -0.4 is 0 Å². The van der Waals surface area contributed by atoms with Gasteiger partial charge in [-0.3, -0.25) is 0 Å². The minimum absolute atomic E-state index is 0. The SMILES string of the molecule is C1=Cc2cc3c(-c4ccccc4)c(-c4ccccc4)c(c(-c4ccccc4)c4nc(cc5ccc(cc1n2)[nH]5)C=C4)n3-c1ccccc1.[Pd]. The van der Waals surface area contributed by atoms with Crippen molar-refractivity contribution in [3.05, 3.63) is 174 Å². The van der Waals surface area contributed by atoms with Crippen LogP contribution in [-0.4, -0.2) is 19.5 Å². The summed E-state index contributed by atoms with van der Waals surface area (Å²) < 4.78 is 2.41. The van der Waals surface area contributed by atoms with Gasteiger partial charge in [-0.2, -0.15) is 0 Å². The number of aromatic nitrogens is 4. The van der Waals surface area contributed by atoms with E-state index in [0.29, 0.717) is 0 Å². The smallest absolute Gasteiger partial charge is 0.0737 e. The molecule has 4 aromatic carbocycles. The average molecular weight is 721 g/mol. The molecule has 0 amide bonds. The van der Waals surface area contributed by atoms with E-state index in [4.69, 9.17) is 9.97 Å². The standard InChI is InChI=1S/C44H30N4.Pd/c1-5-13-30(14-6-1)41-39-26-25-36(47-39)28-35-22-21-33(45-35)27-34-23-24-37(46-34)29-40-42(31-15-7-2-8-16-31)43(32-17-9-3-10-18-32)44(41)48(40)38-19-11-4-12-20-38;/h1-29,45H;. The van der Waals surface area contributed by atoms with Crippen LogP contribution in [-0.2, 0) is 20.4 Å². The Morgan fingerprint density at radius 1 is 0.429 bits per heavy atom. The second-order valence-corrected chi connectivity index (χ2v) is 12.0. The molecule has 0 saturated carbocycles. The Balaban J connectivity index is 0.00000348. The maximum Gasteiger partial charge on any atom is 0.0737 e. The number of rotatable bonds is 4. The number of nitrogens with zero attached hydrogens (tertiary/aromatic N) is 3. The fourth-order valence-electron chi connectivity index (χ4n) is 6.81. The molecule has 2 aliphatic rings. The van der Waals surface area contributed by atoms with Crippen LogP contribution in [0.25, 0.3) is 85.4 Å². The second-order valence-electron chi connectivity index (χ2n) is 12.0. The zero-order chi connectivity index (χ0) is 31.9. The van der Waals surface area contributed by atoms with Gasteiger partial charge in [-0.1, -0.05) is 109 Å². The second kappa shape index (κ2) is 13.0.